The van der Waals surface area contributed by atoms with Crippen molar-refractivity contribution < 1.29 is 9.63 Å². The summed E-state index contributed by atoms with van der Waals surface area (Å²) in [5.74, 6) is 0.473. The molecule has 2 aromatic carbocycles. The van der Waals surface area contributed by atoms with E-state index in [4.69, 9.17) is 16.4 Å². The first kappa shape index (κ1) is 15.5. The SMILES string of the molecule is O=C=Nc1ccc(CO/N=C(\c2ccc(Cl)cc2)C2CC2)cc1. The van der Waals surface area contributed by atoms with Crippen LogP contribution in [-0.2, 0) is 16.2 Å². The molecule has 0 spiro atoms. The molecule has 0 unspecified atom stereocenters. The lowest BCUT2D eigenvalue weighted by molar-refractivity contribution is 0.130. The van der Waals surface area contributed by atoms with E-state index in [2.05, 4.69) is 10.1 Å². The molecule has 0 saturated heterocycles. The van der Waals surface area contributed by atoms with Crippen LogP contribution >= 0.6 is 11.6 Å². The van der Waals surface area contributed by atoms with Crippen molar-refractivity contribution in [3.05, 3.63) is 64.7 Å². The van der Waals surface area contributed by atoms with Crippen molar-refractivity contribution >= 4 is 29.1 Å². The van der Waals surface area contributed by atoms with Crippen LogP contribution in [0.2, 0.25) is 5.02 Å². The average molecular weight is 327 g/mol. The molecule has 116 valence electrons. The van der Waals surface area contributed by atoms with Gasteiger partial charge in [-0.25, -0.2) is 4.79 Å². The van der Waals surface area contributed by atoms with E-state index in [-0.39, 0.29) is 0 Å². The van der Waals surface area contributed by atoms with Gasteiger partial charge in [0.25, 0.3) is 0 Å². The molecule has 0 amide bonds. The molecule has 1 saturated carbocycles. The number of isocyanates is 1. The molecule has 1 fully saturated rings. The van der Waals surface area contributed by atoms with Gasteiger partial charge in [0.1, 0.15) is 6.61 Å². The number of halogens is 1. The third-order valence-electron chi connectivity index (χ3n) is 3.61. The normalized spacial score (nSPS) is 14.2. The quantitative estimate of drug-likeness (QED) is 0.441. The zero-order chi connectivity index (χ0) is 16.1. The van der Waals surface area contributed by atoms with Crippen LogP contribution in [0.1, 0.15) is 24.0 Å². The minimum absolute atomic E-state index is 0.370. The van der Waals surface area contributed by atoms with Crippen LogP contribution in [0, 0.1) is 5.92 Å². The number of rotatable bonds is 6. The topological polar surface area (TPSA) is 51.0 Å². The van der Waals surface area contributed by atoms with Gasteiger partial charge in [0.2, 0.25) is 6.08 Å². The van der Waals surface area contributed by atoms with Crippen molar-refractivity contribution in [2.24, 2.45) is 16.1 Å². The van der Waals surface area contributed by atoms with E-state index >= 15 is 0 Å². The lowest BCUT2D eigenvalue weighted by atomic mass is 10.1. The standard InChI is InChI=1S/C18H15ClN2O2/c19-16-7-5-15(6-8-16)18(14-3-4-14)21-23-11-13-1-9-17(10-2-13)20-12-22/h1-2,5-10,14H,3-4,11H2/b21-18-. The Balaban J connectivity index is 1.67. The van der Waals surface area contributed by atoms with Gasteiger partial charge in [-0.3, -0.25) is 0 Å². The summed E-state index contributed by atoms with van der Waals surface area (Å²) >= 11 is 5.93. The van der Waals surface area contributed by atoms with E-state index in [1.165, 1.54) is 6.08 Å². The molecule has 0 atom stereocenters. The van der Waals surface area contributed by atoms with Crippen LogP contribution in [0.15, 0.2) is 58.7 Å². The Morgan fingerprint density at radius 1 is 1.13 bits per heavy atom. The van der Waals surface area contributed by atoms with Gasteiger partial charge in [-0.15, -0.1) is 0 Å². The zero-order valence-corrected chi connectivity index (χ0v) is 13.2. The minimum Gasteiger partial charge on any atom is -0.391 e. The van der Waals surface area contributed by atoms with Crippen molar-refractivity contribution in [3.63, 3.8) is 0 Å². The molecule has 3 rings (SSSR count). The summed E-state index contributed by atoms with van der Waals surface area (Å²) in [7, 11) is 0. The van der Waals surface area contributed by atoms with Crippen molar-refractivity contribution in [2.45, 2.75) is 19.4 Å². The predicted octanol–water partition coefficient (Wildman–Crippen LogP) is 4.64. The van der Waals surface area contributed by atoms with Gasteiger partial charge in [0.05, 0.1) is 11.4 Å². The number of carbonyl (C=O) groups excluding carboxylic acids is 1. The van der Waals surface area contributed by atoms with E-state index < -0.39 is 0 Å². The van der Waals surface area contributed by atoms with Gasteiger partial charge in [-0.05, 0) is 48.2 Å². The number of hydrogen-bond donors (Lipinski definition) is 0. The highest BCUT2D eigenvalue weighted by molar-refractivity contribution is 6.30. The second kappa shape index (κ2) is 7.23. The summed E-state index contributed by atoms with van der Waals surface area (Å²) in [4.78, 5) is 19.3. The van der Waals surface area contributed by atoms with Crippen LogP contribution in [0.4, 0.5) is 5.69 Å². The van der Waals surface area contributed by atoms with Gasteiger partial charge in [-0.1, -0.05) is 41.0 Å². The minimum atomic E-state index is 0.370. The second-order valence-corrected chi connectivity index (χ2v) is 5.84. The molecule has 5 heteroatoms. The molecular formula is C18H15ClN2O2. The van der Waals surface area contributed by atoms with E-state index in [1.54, 1.807) is 12.1 Å². The monoisotopic (exact) mass is 326 g/mol. The largest absolute Gasteiger partial charge is 0.391 e. The van der Waals surface area contributed by atoms with Crippen LogP contribution in [0.3, 0.4) is 0 Å². The molecule has 0 radical (unpaired) electrons. The van der Waals surface area contributed by atoms with Crippen molar-refractivity contribution in [3.8, 4) is 0 Å². The Bertz CT molecular complexity index is 744. The molecule has 0 aromatic heterocycles. The molecule has 2 aromatic rings. The van der Waals surface area contributed by atoms with Crippen molar-refractivity contribution in [1.29, 1.82) is 0 Å². The Morgan fingerprint density at radius 2 is 1.83 bits per heavy atom. The number of aliphatic imine (C=N–C) groups is 1. The lowest BCUT2D eigenvalue weighted by Gasteiger charge is -2.06. The maximum atomic E-state index is 10.2. The maximum Gasteiger partial charge on any atom is 0.240 e. The highest BCUT2D eigenvalue weighted by Gasteiger charge is 2.29. The fourth-order valence-electron chi connectivity index (χ4n) is 2.24. The first-order valence-corrected chi connectivity index (χ1v) is 7.76. The van der Waals surface area contributed by atoms with E-state index in [0.717, 1.165) is 29.7 Å². The highest BCUT2D eigenvalue weighted by Crippen LogP contribution is 2.33. The summed E-state index contributed by atoms with van der Waals surface area (Å²) in [6, 6.07) is 14.9. The Kier molecular flexibility index (Phi) is 4.86. The van der Waals surface area contributed by atoms with E-state index in [9.17, 15) is 4.79 Å². The van der Waals surface area contributed by atoms with Crippen molar-refractivity contribution in [2.75, 3.05) is 0 Å². The first-order valence-electron chi connectivity index (χ1n) is 7.39. The molecule has 1 aliphatic rings. The van der Waals surface area contributed by atoms with E-state index in [0.29, 0.717) is 23.2 Å². The third kappa shape index (κ3) is 4.28. The predicted molar refractivity (Wildman–Crippen MR) is 89.7 cm³/mol. The van der Waals surface area contributed by atoms with Gasteiger partial charge < -0.3 is 4.84 Å². The van der Waals surface area contributed by atoms with Crippen LogP contribution in [-0.4, -0.2) is 11.8 Å². The summed E-state index contributed by atoms with van der Waals surface area (Å²) in [6.45, 7) is 0.370. The van der Waals surface area contributed by atoms with Gasteiger partial charge in [0, 0.05) is 10.9 Å². The molecule has 0 N–H and O–H groups in total. The molecule has 1 aliphatic carbocycles. The smallest absolute Gasteiger partial charge is 0.240 e. The van der Waals surface area contributed by atoms with Gasteiger partial charge in [0.15, 0.2) is 0 Å². The molecular weight excluding hydrogens is 312 g/mol. The van der Waals surface area contributed by atoms with Crippen LogP contribution in [0.5, 0.6) is 0 Å². The second-order valence-electron chi connectivity index (χ2n) is 5.40. The lowest BCUT2D eigenvalue weighted by Crippen LogP contribution is -2.04. The number of benzene rings is 2. The van der Waals surface area contributed by atoms with Crippen LogP contribution in [0.25, 0.3) is 0 Å². The number of nitrogens with zero attached hydrogens (tertiary/aromatic N) is 2. The molecule has 4 nitrogen and oxygen atoms in total. The summed E-state index contributed by atoms with van der Waals surface area (Å²) in [5.41, 5.74) is 3.56. The van der Waals surface area contributed by atoms with Gasteiger partial charge >= 0.3 is 0 Å². The fourth-order valence-corrected chi connectivity index (χ4v) is 2.36. The summed E-state index contributed by atoms with van der Waals surface area (Å²) in [6.07, 6.45) is 3.80. The molecule has 0 aliphatic heterocycles. The van der Waals surface area contributed by atoms with E-state index in [1.807, 2.05) is 36.4 Å². The molecule has 23 heavy (non-hydrogen) atoms. The Hall–Kier alpha value is -2.42. The fraction of sp³-hybridized carbons (Fsp3) is 0.222. The summed E-state index contributed by atoms with van der Waals surface area (Å²) in [5, 5.41) is 5.04. The summed E-state index contributed by atoms with van der Waals surface area (Å²) < 4.78 is 0. The molecule has 0 heterocycles. The Labute approximate surface area is 139 Å². The first-order chi connectivity index (χ1) is 11.3. The van der Waals surface area contributed by atoms with Gasteiger partial charge in [-0.2, -0.15) is 4.99 Å². The highest BCUT2D eigenvalue weighted by atomic mass is 35.5. The van der Waals surface area contributed by atoms with Crippen LogP contribution < -0.4 is 0 Å². The number of hydrogen-bond acceptors (Lipinski definition) is 4. The number of oxime groups is 1. The third-order valence-corrected chi connectivity index (χ3v) is 3.86. The maximum absolute atomic E-state index is 10.2. The molecule has 0 bridgehead atoms. The average Bonchev–Trinajstić information content (AvgIpc) is 3.39. The Morgan fingerprint density at radius 3 is 2.43 bits per heavy atom. The zero-order valence-electron chi connectivity index (χ0n) is 12.4. The van der Waals surface area contributed by atoms with Crippen molar-refractivity contribution in [1.82, 2.24) is 0 Å².